The van der Waals surface area contributed by atoms with Crippen LogP contribution in [0, 0.1) is 5.41 Å². The van der Waals surface area contributed by atoms with Crippen molar-refractivity contribution in [3.05, 3.63) is 59.2 Å². The molecule has 0 unspecified atom stereocenters. The van der Waals surface area contributed by atoms with Gasteiger partial charge in [-0.2, -0.15) is 0 Å². The van der Waals surface area contributed by atoms with Crippen LogP contribution < -0.4 is 9.47 Å². The highest BCUT2D eigenvalue weighted by atomic mass is 16.6. The van der Waals surface area contributed by atoms with E-state index in [4.69, 9.17) is 14.2 Å². The predicted molar refractivity (Wildman–Crippen MR) is 145 cm³/mol. The maximum absolute atomic E-state index is 13.0. The monoisotopic (exact) mass is 496 g/mol. The molecule has 0 aliphatic rings. The van der Waals surface area contributed by atoms with Gasteiger partial charge in [-0.25, -0.2) is 4.79 Å². The van der Waals surface area contributed by atoms with Crippen molar-refractivity contribution in [1.29, 1.82) is 0 Å². The zero-order valence-electron chi connectivity index (χ0n) is 23.8. The Balaban J connectivity index is 2.44. The summed E-state index contributed by atoms with van der Waals surface area (Å²) >= 11 is 0. The molecule has 0 atom stereocenters. The van der Waals surface area contributed by atoms with Crippen LogP contribution >= 0.6 is 0 Å². The minimum atomic E-state index is -0.660. The number of hydrogen-bond acceptors (Lipinski definition) is 5. The standard InChI is InChI=1S/C31H44O5/c1-11-29(6,7)28(33)35-26-19-16-23(20-25(26)27(32)34-21(4)5)30(8,9)22-14-17-24(18-15-22)36-31(10,12-2)13-3/h14-21H,11-13H2,1-10H3. The fraction of sp³-hybridized carbons (Fsp3) is 0.548. The first-order valence-corrected chi connectivity index (χ1v) is 13.1. The second-order valence-corrected chi connectivity index (χ2v) is 11.2. The zero-order valence-corrected chi connectivity index (χ0v) is 23.8. The van der Waals surface area contributed by atoms with Gasteiger partial charge in [-0.05, 0) is 89.3 Å². The largest absolute Gasteiger partial charge is 0.488 e. The molecule has 0 amide bonds. The average molecular weight is 497 g/mol. The van der Waals surface area contributed by atoms with Gasteiger partial charge in [0.2, 0.25) is 0 Å². The summed E-state index contributed by atoms with van der Waals surface area (Å²) in [4.78, 5) is 25.8. The number of ether oxygens (including phenoxy) is 3. The molecule has 0 aromatic heterocycles. The van der Waals surface area contributed by atoms with Gasteiger partial charge in [0, 0.05) is 5.41 Å². The Morgan fingerprint density at radius 3 is 1.86 bits per heavy atom. The molecule has 0 aliphatic heterocycles. The summed E-state index contributed by atoms with van der Waals surface area (Å²) in [7, 11) is 0. The molecule has 0 fully saturated rings. The molecule has 2 aromatic rings. The molecular weight excluding hydrogens is 452 g/mol. The molecular formula is C31H44O5. The number of rotatable bonds is 11. The van der Waals surface area contributed by atoms with E-state index in [1.807, 2.05) is 39.0 Å². The van der Waals surface area contributed by atoms with E-state index >= 15 is 0 Å². The summed E-state index contributed by atoms with van der Waals surface area (Å²) in [6, 6.07) is 13.5. The molecule has 2 aromatic carbocycles. The minimum absolute atomic E-state index is 0.192. The molecule has 0 saturated carbocycles. The second kappa shape index (κ2) is 11.5. The highest BCUT2D eigenvalue weighted by molar-refractivity contribution is 5.94. The third-order valence-corrected chi connectivity index (χ3v) is 7.34. The summed E-state index contributed by atoms with van der Waals surface area (Å²) in [6.07, 6.45) is 2.18. The number of esters is 2. The molecule has 0 N–H and O–H groups in total. The van der Waals surface area contributed by atoms with Crippen LogP contribution in [0.15, 0.2) is 42.5 Å². The van der Waals surface area contributed by atoms with Gasteiger partial charge in [0.15, 0.2) is 0 Å². The Labute approximate surface area is 217 Å². The summed E-state index contributed by atoms with van der Waals surface area (Å²) in [5, 5.41) is 0. The van der Waals surface area contributed by atoms with Crippen molar-refractivity contribution in [3.63, 3.8) is 0 Å². The van der Waals surface area contributed by atoms with E-state index in [1.54, 1.807) is 26.0 Å². The van der Waals surface area contributed by atoms with E-state index in [1.165, 1.54) is 0 Å². The van der Waals surface area contributed by atoms with Crippen LogP contribution in [0.2, 0.25) is 0 Å². The van der Waals surface area contributed by atoms with Crippen molar-refractivity contribution in [3.8, 4) is 11.5 Å². The fourth-order valence-corrected chi connectivity index (χ4v) is 3.61. The average Bonchev–Trinajstić information content (AvgIpc) is 2.83. The van der Waals surface area contributed by atoms with Crippen molar-refractivity contribution in [2.24, 2.45) is 5.41 Å². The first-order valence-electron chi connectivity index (χ1n) is 13.1. The predicted octanol–water partition coefficient (Wildman–Crippen LogP) is 7.88. The zero-order chi connectivity index (χ0) is 27.3. The van der Waals surface area contributed by atoms with Gasteiger partial charge in [-0.1, -0.05) is 52.8 Å². The van der Waals surface area contributed by atoms with Gasteiger partial charge in [-0.3, -0.25) is 4.79 Å². The molecule has 0 spiro atoms. The van der Waals surface area contributed by atoms with Crippen LogP contribution in [0.25, 0.3) is 0 Å². The van der Waals surface area contributed by atoms with Crippen molar-refractivity contribution in [2.45, 2.75) is 106 Å². The number of hydrogen-bond donors (Lipinski definition) is 0. The maximum atomic E-state index is 13.0. The van der Waals surface area contributed by atoms with Crippen LogP contribution in [0.4, 0.5) is 0 Å². The lowest BCUT2D eigenvalue weighted by molar-refractivity contribution is -0.144. The molecule has 0 radical (unpaired) electrons. The highest BCUT2D eigenvalue weighted by Crippen LogP contribution is 2.36. The lowest BCUT2D eigenvalue weighted by atomic mass is 9.77. The minimum Gasteiger partial charge on any atom is -0.488 e. The van der Waals surface area contributed by atoms with Gasteiger partial charge in [0.25, 0.3) is 0 Å². The van der Waals surface area contributed by atoms with E-state index in [2.05, 4.69) is 46.8 Å². The van der Waals surface area contributed by atoms with Crippen molar-refractivity contribution in [1.82, 2.24) is 0 Å². The van der Waals surface area contributed by atoms with Crippen molar-refractivity contribution in [2.75, 3.05) is 0 Å². The van der Waals surface area contributed by atoms with Gasteiger partial charge >= 0.3 is 11.9 Å². The normalized spacial score (nSPS) is 12.4. The lowest BCUT2D eigenvalue weighted by Gasteiger charge is -2.30. The molecule has 36 heavy (non-hydrogen) atoms. The summed E-state index contributed by atoms with van der Waals surface area (Å²) < 4.78 is 17.4. The maximum Gasteiger partial charge on any atom is 0.342 e. The Hall–Kier alpha value is -2.82. The SMILES string of the molecule is CCC(C)(CC)Oc1ccc(C(C)(C)c2ccc(OC(=O)C(C)(C)CC)c(C(=O)OC(C)C)c2)cc1. The molecule has 0 saturated heterocycles. The van der Waals surface area contributed by atoms with Gasteiger partial charge in [0.05, 0.1) is 11.5 Å². The summed E-state index contributed by atoms with van der Waals surface area (Å²) in [5.74, 6) is 0.163. The molecule has 198 valence electrons. The molecule has 5 nitrogen and oxygen atoms in total. The van der Waals surface area contributed by atoms with E-state index < -0.39 is 16.8 Å². The third-order valence-electron chi connectivity index (χ3n) is 7.34. The first kappa shape index (κ1) is 29.4. The van der Waals surface area contributed by atoms with E-state index in [9.17, 15) is 9.59 Å². The van der Waals surface area contributed by atoms with Crippen LogP contribution in [-0.4, -0.2) is 23.6 Å². The Bertz CT molecular complexity index is 1040. The summed E-state index contributed by atoms with van der Waals surface area (Å²) in [6.45, 7) is 19.8. The highest BCUT2D eigenvalue weighted by Gasteiger charge is 2.31. The van der Waals surface area contributed by atoms with Crippen molar-refractivity contribution < 1.29 is 23.8 Å². The van der Waals surface area contributed by atoms with E-state index in [0.717, 1.165) is 29.7 Å². The Morgan fingerprint density at radius 2 is 1.36 bits per heavy atom. The second-order valence-electron chi connectivity index (χ2n) is 11.2. The first-order chi connectivity index (χ1) is 16.7. The van der Waals surface area contributed by atoms with Gasteiger partial charge in [-0.15, -0.1) is 0 Å². The Morgan fingerprint density at radius 1 is 0.806 bits per heavy atom. The summed E-state index contributed by atoms with van der Waals surface area (Å²) in [5.41, 5.74) is 0.957. The fourth-order valence-electron chi connectivity index (χ4n) is 3.61. The Kier molecular flexibility index (Phi) is 9.39. The van der Waals surface area contributed by atoms with Crippen molar-refractivity contribution >= 4 is 11.9 Å². The molecule has 0 aliphatic carbocycles. The molecule has 0 heterocycles. The third kappa shape index (κ3) is 6.89. The molecule has 0 bridgehead atoms. The quantitative estimate of drug-likeness (QED) is 0.234. The van der Waals surface area contributed by atoms with Crippen LogP contribution in [0.5, 0.6) is 11.5 Å². The van der Waals surface area contributed by atoms with Gasteiger partial charge < -0.3 is 14.2 Å². The van der Waals surface area contributed by atoms with E-state index in [0.29, 0.717) is 6.42 Å². The number of benzene rings is 2. The molecule has 5 heteroatoms. The number of carbonyl (C=O) groups is 2. The lowest BCUT2D eigenvalue weighted by Crippen LogP contribution is -2.30. The number of carbonyl (C=O) groups excluding carboxylic acids is 2. The topological polar surface area (TPSA) is 61.8 Å². The smallest absolute Gasteiger partial charge is 0.342 e. The molecule has 2 rings (SSSR count). The van der Waals surface area contributed by atoms with Gasteiger partial charge in [0.1, 0.15) is 22.7 Å². The van der Waals surface area contributed by atoms with Crippen LogP contribution in [0.1, 0.15) is 110 Å². The van der Waals surface area contributed by atoms with Crippen LogP contribution in [-0.2, 0) is 14.9 Å². The van der Waals surface area contributed by atoms with E-state index in [-0.39, 0.29) is 29.0 Å². The van der Waals surface area contributed by atoms with Crippen LogP contribution in [0.3, 0.4) is 0 Å².